The molecule has 0 spiro atoms. The maximum atomic E-state index is 13.0. The fourth-order valence-corrected chi connectivity index (χ4v) is 1.82. The van der Waals surface area contributed by atoms with Gasteiger partial charge in [0.05, 0.1) is 13.2 Å². The second-order valence-corrected chi connectivity index (χ2v) is 3.95. The monoisotopic (exact) mass is 247 g/mol. The molecule has 0 bridgehead atoms. The molecular weight excluding hydrogens is 233 g/mol. The highest BCUT2D eigenvalue weighted by Gasteiger charge is 2.14. The molecule has 3 nitrogen and oxygen atoms in total. The minimum atomic E-state index is -0.768. The van der Waals surface area contributed by atoms with Crippen molar-refractivity contribution in [2.24, 2.45) is 0 Å². The molecule has 0 aliphatic rings. The van der Waals surface area contributed by atoms with Gasteiger partial charge in [-0.15, -0.1) is 0 Å². The summed E-state index contributed by atoms with van der Waals surface area (Å²) < 4.78 is 18.1. The van der Waals surface area contributed by atoms with E-state index in [1.165, 1.54) is 19.2 Å². The van der Waals surface area contributed by atoms with Crippen LogP contribution in [-0.4, -0.2) is 17.2 Å². The number of hydrogen-bond donors (Lipinski definition) is 1. The number of aliphatic hydroxyl groups is 1. The molecule has 94 valence electrons. The van der Waals surface area contributed by atoms with E-state index in [1.54, 1.807) is 30.5 Å². The zero-order valence-corrected chi connectivity index (χ0v) is 10.0. The zero-order chi connectivity index (χ0) is 13.0. The topological polar surface area (TPSA) is 42.4 Å². The van der Waals surface area contributed by atoms with Crippen LogP contribution in [0.5, 0.6) is 5.88 Å². The highest BCUT2D eigenvalue weighted by Crippen LogP contribution is 2.25. The van der Waals surface area contributed by atoms with Crippen molar-refractivity contribution in [1.82, 2.24) is 4.98 Å². The van der Waals surface area contributed by atoms with Crippen LogP contribution in [-0.2, 0) is 6.42 Å². The SMILES string of the molecule is COc1ncccc1C(O)Cc1cccc(F)c1. The first-order valence-corrected chi connectivity index (χ1v) is 5.62. The van der Waals surface area contributed by atoms with Gasteiger partial charge in [0, 0.05) is 18.2 Å². The van der Waals surface area contributed by atoms with E-state index in [4.69, 9.17) is 4.74 Å². The molecule has 1 unspecified atom stereocenters. The van der Waals surface area contributed by atoms with E-state index in [0.29, 0.717) is 17.9 Å². The second kappa shape index (κ2) is 5.60. The number of aromatic nitrogens is 1. The van der Waals surface area contributed by atoms with Gasteiger partial charge in [0.2, 0.25) is 5.88 Å². The van der Waals surface area contributed by atoms with Gasteiger partial charge in [0.15, 0.2) is 0 Å². The first kappa shape index (κ1) is 12.5. The van der Waals surface area contributed by atoms with Gasteiger partial charge in [-0.25, -0.2) is 9.37 Å². The van der Waals surface area contributed by atoms with Gasteiger partial charge in [-0.2, -0.15) is 0 Å². The minimum Gasteiger partial charge on any atom is -0.481 e. The Bertz CT molecular complexity index is 531. The van der Waals surface area contributed by atoms with Crippen molar-refractivity contribution in [3.8, 4) is 5.88 Å². The maximum Gasteiger partial charge on any atom is 0.218 e. The lowest BCUT2D eigenvalue weighted by Gasteiger charge is -2.13. The first-order valence-electron chi connectivity index (χ1n) is 5.62. The Kier molecular flexibility index (Phi) is 3.89. The molecule has 1 aromatic carbocycles. The van der Waals surface area contributed by atoms with Crippen molar-refractivity contribution in [2.75, 3.05) is 7.11 Å². The highest BCUT2D eigenvalue weighted by atomic mass is 19.1. The van der Waals surface area contributed by atoms with E-state index in [-0.39, 0.29) is 5.82 Å². The number of nitrogens with zero attached hydrogens (tertiary/aromatic N) is 1. The third-order valence-electron chi connectivity index (χ3n) is 2.67. The van der Waals surface area contributed by atoms with Crippen LogP contribution in [0.2, 0.25) is 0 Å². The summed E-state index contributed by atoms with van der Waals surface area (Å²) in [5.41, 5.74) is 1.33. The van der Waals surface area contributed by atoms with Crippen LogP contribution in [0.15, 0.2) is 42.6 Å². The van der Waals surface area contributed by atoms with Gasteiger partial charge in [-0.3, -0.25) is 0 Å². The van der Waals surface area contributed by atoms with Gasteiger partial charge in [-0.05, 0) is 29.8 Å². The summed E-state index contributed by atoms with van der Waals surface area (Å²) in [7, 11) is 1.50. The smallest absolute Gasteiger partial charge is 0.218 e. The molecule has 0 aliphatic carbocycles. The van der Waals surface area contributed by atoms with Crippen LogP contribution >= 0.6 is 0 Å². The molecule has 0 amide bonds. The Hall–Kier alpha value is -1.94. The number of rotatable bonds is 4. The molecule has 0 saturated carbocycles. The Morgan fingerprint density at radius 2 is 2.17 bits per heavy atom. The van der Waals surface area contributed by atoms with Crippen molar-refractivity contribution >= 4 is 0 Å². The molecular formula is C14H14FNO2. The summed E-state index contributed by atoms with van der Waals surface area (Å²) in [4.78, 5) is 4.02. The fraction of sp³-hybridized carbons (Fsp3) is 0.214. The lowest BCUT2D eigenvalue weighted by Crippen LogP contribution is -2.05. The van der Waals surface area contributed by atoms with E-state index < -0.39 is 6.10 Å². The van der Waals surface area contributed by atoms with Crippen LogP contribution in [0.4, 0.5) is 4.39 Å². The summed E-state index contributed by atoms with van der Waals surface area (Å²) >= 11 is 0. The summed E-state index contributed by atoms with van der Waals surface area (Å²) in [5.74, 6) is 0.0826. The molecule has 1 N–H and O–H groups in total. The molecule has 4 heteroatoms. The first-order chi connectivity index (χ1) is 8.70. The summed E-state index contributed by atoms with van der Waals surface area (Å²) in [5, 5.41) is 10.1. The minimum absolute atomic E-state index is 0.308. The van der Waals surface area contributed by atoms with Gasteiger partial charge in [-0.1, -0.05) is 12.1 Å². The number of hydrogen-bond acceptors (Lipinski definition) is 3. The molecule has 1 aromatic heterocycles. The van der Waals surface area contributed by atoms with Crippen LogP contribution in [0, 0.1) is 5.82 Å². The number of benzene rings is 1. The van der Waals surface area contributed by atoms with Crippen molar-refractivity contribution in [3.63, 3.8) is 0 Å². The summed E-state index contributed by atoms with van der Waals surface area (Å²) in [6, 6.07) is 9.65. The molecule has 2 rings (SSSR count). The Morgan fingerprint density at radius 3 is 2.89 bits per heavy atom. The van der Waals surface area contributed by atoms with E-state index in [1.807, 2.05) is 0 Å². The number of halogens is 1. The van der Waals surface area contributed by atoms with E-state index >= 15 is 0 Å². The Morgan fingerprint density at radius 1 is 1.33 bits per heavy atom. The molecule has 0 fully saturated rings. The summed E-state index contributed by atoms with van der Waals surface area (Å²) in [6.45, 7) is 0. The van der Waals surface area contributed by atoms with Crippen molar-refractivity contribution in [3.05, 3.63) is 59.5 Å². The highest BCUT2D eigenvalue weighted by molar-refractivity contribution is 5.29. The standard InChI is InChI=1S/C14H14FNO2/c1-18-14-12(6-3-7-16-14)13(17)9-10-4-2-5-11(15)8-10/h2-8,13,17H,9H2,1H3. The molecule has 1 heterocycles. The third kappa shape index (κ3) is 2.84. The second-order valence-electron chi connectivity index (χ2n) is 3.95. The molecule has 18 heavy (non-hydrogen) atoms. The van der Waals surface area contributed by atoms with Crippen LogP contribution in [0.1, 0.15) is 17.2 Å². The zero-order valence-electron chi connectivity index (χ0n) is 10.0. The third-order valence-corrected chi connectivity index (χ3v) is 2.67. The number of methoxy groups -OCH3 is 1. The quantitative estimate of drug-likeness (QED) is 0.902. The van der Waals surface area contributed by atoms with Crippen molar-refractivity contribution < 1.29 is 14.2 Å². The summed E-state index contributed by atoms with van der Waals surface area (Å²) in [6.07, 6.45) is 1.15. The lowest BCUT2D eigenvalue weighted by atomic mass is 10.0. The largest absolute Gasteiger partial charge is 0.481 e. The predicted octanol–water partition coefficient (Wildman–Crippen LogP) is 2.51. The number of pyridine rings is 1. The maximum absolute atomic E-state index is 13.0. The predicted molar refractivity (Wildman–Crippen MR) is 65.9 cm³/mol. The Labute approximate surface area is 105 Å². The van der Waals surface area contributed by atoms with Crippen LogP contribution in [0.3, 0.4) is 0 Å². The molecule has 1 atom stereocenters. The van der Waals surface area contributed by atoms with E-state index in [2.05, 4.69) is 4.98 Å². The van der Waals surface area contributed by atoms with Gasteiger partial charge < -0.3 is 9.84 Å². The number of ether oxygens (including phenoxy) is 1. The molecule has 0 saturated heterocycles. The van der Waals surface area contributed by atoms with Gasteiger partial charge in [0.1, 0.15) is 5.82 Å². The Balaban J connectivity index is 2.19. The average Bonchev–Trinajstić information content (AvgIpc) is 2.38. The molecule has 0 aliphatic heterocycles. The van der Waals surface area contributed by atoms with Gasteiger partial charge >= 0.3 is 0 Å². The normalized spacial score (nSPS) is 12.2. The molecule has 0 radical (unpaired) electrons. The van der Waals surface area contributed by atoms with E-state index in [0.717, 1.165) is 5.56 Å². The average molecular weight is 247 g/mol. The van der Waals surface area contributed by atoms with Crippen molar-refractivity contribution in [1.29, 1.82) is 0 Å². The van der Waals surface area contributed by atoms with Crippen molar-refractivity contribution in [2.45, 2.75) is 12.5 Å². The van der Waals surface area contributed by atoms with Gasteiger partial charge in [0.25, 0.3) is 0 Å². The fourth-order valence-electron chi connectivity index (χ4n) is 1.82. The molecule has 2 aromatic rings. The van der Waals surface area contributed by atoms with Crippen LogP contribution in [0.25, 0.3) is 0 Å². The van der Waals surface area contributed by atoms with Crippen LogP contribution < -0.4 is 4.74 Å². The number of aliphatic hydroxyl groups excluding tert-OH is 1. The lowest BCUT2D eigenvalue weighted by molar-refractivity contribution is 0.173. The van der Waals surface area contributed by atoms with E-state index in [9.17, 15) is 9.50 Å².